The molecule has 1 heterocycles. The van der Waals surface area contributed by atoms with Gasteiger partial charge in [0.1, 0.15) is 6.42 Å². The number of pyridine rings is 1. The number of amides is 1. The van der Waals surface area contributed by atoms with Crippen LogP contribution in [0.25, 0.3) is 0 Å². The summed E-state index contributed by atoms with van der Waals surface area (Å²) >= 11 is 0. The molecule has 0 aliphatic rings. The molecule has 0 aromatic carbocycles. The zero-order valence-corrected chi connectivity index (χ0v) is 8.77. The second-order valence-corrected chi connectivity index (χ2v) is 2.94. The summed E-state index contributed by atoms with van der Waals surface area (Å²) in [7, 11) is 0. The van der Waals surface area contributed by atoms with Gasteiger partial charge in [-0.3, -0.25) is 9.59 Å². The lowest BCUT2D eigenvalue weighted by atomic mass is 10.3. The van der Waals surface area contributed by atoms with E-state index in [0.29, 0.717) is 18.2 Å². The molecule has 0 saturated carbocycles. The number of aromatic nitrogens is 1. The van der Waals surface area contributed by atoms with Crippen molar-refractivity contribution in [2.24, 2.45) is 0 Å². The molecule has 6 nitrogen and oxygen atoms in total. The number of ether oxygens (including phenoxy) is 1. The predicted molar refractivity (Wildman–Crippen MR) is 56.3 cm³/mol. The fourth-order valence-electron chi connectivity index (χ4n) is 1.03. The molecule has 1 amide bonds. The first kappa shape index (κ1) is 12.0. The van der Waals surface area contributed by atoms with Crippen LogP contribution in [0, 0.1) is 0 Å². The molecular formula is C10H12N2O4. The van der Waals surface area contributed by atoms with Crippen molar-refractivity contribution in [1.29, 1.82) is 0 Å². The summed E-state index contributed by atoms with van der Waals surface area (Å²) in [6.07, 6.45) is 0.845. The summed E-state index contributed by atoms with van der Waals surface area (Å²) in [5.41, 5.74) is 0.440. The third kappa shape index (κ3) is 3.95. The lowest BCUT2D eigenvalue weighted by Gasteiger charge is -2.04. The van der Waals surface area contributed by atoms with Crippen LogP contribution in [0.4, 0.5) is 5.69 Å². The van der Waals surface area contributed by atoms with Crippen LogP contribution in [0.3, 0.4) is 0 Å². The quantitative estimate of drug-likeness (QED) is 0.725. The highest BCUT2D eigenvalue weighted by atomic mass is 16.5. The number of rotatable bonds is 5. The van der Waals surface area contributed by atoms with E-state index in [1.54, 1.807) is 12.1 Å². The number of hydrogen-bond donors (Lipinski definition) is 2. The van der Waals surface area contributed by atoms with Crippen LogP contribution in [-0.2, 0) is 9.59 Å². The Kier molecular flexibility index (Phi) is 4.26. The first-order valence-corrected chi connectivity index (χ1v) is 4.72. The number of aliphatic carboxylic acids is 1. The predicted octanol–water partition coefficient (Wildman–Crippen LogP) is 0.893. The third-order valence-electron chi connectivity index (χ3n) is 1.62. The van der Waals surface area contributed by atoms with Crippen molar-refractivity contribution in [2.75, 3.05) is 11.9 Å². The normalized spacial score (nSPS) is 9.56. The minimum atomic E-state index is -1.17. The van der Waals surface area contributed by atoms with E-state index in [1.807, 2.05) is 6.92 Å². The highest BCUT2D eigenvalue weighted by Gasteiger charge is 2.07. The highest BCUT2D eigenvalue weighted by molar-refractivity contribution is 6.01. The van der Waals surface area contributed by atoms with Gasteiger partial charge >= 0.3 is 5.97 Å². The summed E-state index contributed by atoms with van der Waals surface area (Å²) in [5, 5.41) is 10.8. The van der Waals surface area contributed by atoms with Gasteiger partial charge in [0.2, 0.25) is 11.8 Å². The number of carbonyl (C=O) groups is 2. The van der Waals surface area contributed by atoms with Gasteiger partial charge in [-0.1, -0.05) is 0 Å². The second-order valence-electron chi connectivity index (χ2n) is 2.94. The van der Waals surface area contributed by atoms with Gasteiger partial charge < -0.3 is 15.2 Å². The van der Waals surface area contributed by atoms with Gasteiger partial charge in [0.15, 0.2) is 0 Å². The largest absolute Gasteiger partial charge is 0.481 e. The third-order valence-corrected chi connectivity index (χ3v) is 1.62. The summed E-state index contributed by atoms with van der Waals surface area (Å²) in [6, 6.07) is 3.19. The van der Waals surface area contributed by atoms with Crippen LogP contribution < -0.4 is 10.1 Å². The Labute approximate surface area is 92.3 Å². The summed E-state index contributed by atoms with van der Waals surface area (Å²) in [4.78, 5) is 25.2. The van der Waals surface area contributed by atoms with Crippen molar-refractivity contribution >= 4 is 17.6 Å². The van der Waals surface area contributed by atoms with Crippen LogP contribution in [0.2, 0.25) is 0 Å². The molecular weight excluding hydrogens is 212 g/mol. The average Bonchev–Trinajstić information content (AvgIpc) is 2.20. The minimum Gasteiger partial charge on any atom is -0.481 e. The Morgan fingerprint density at radius 1 is 1.50 bits per heavy atom. The van der Waals surface area contributed by atoms with E-state index in [-0.39, 0.29) is 0 Å². The van der Waals surface area contributed by atoms with E-state index >= 15 is 0 Å². The Balaban J connectivity index is 2.54. The smallest absolute Gasteiger partial charge is 0.312 e. The first-order chi connectivity index (χ1) is 7.61. The Bertz CT molecular complexity index is 375. The standard InChI is InChI=1S/C10H12N2O4/c1-2-16-9-4-3-7(6-11-9)12-8(13)5-10(14)15/h3-4,6H,2,5H2,1H3,(H,12,13)(H,14,15). The van der Waals surface area contributed by atoms with Gasteiger partial charge in [-0.15, -0.1) is 0 Å². The van der Waals surface area contributed by atoms with Crippen molar-refractivity contribution in [2.45, 2.75) is 13.3 Å². The van der Waals surface area contributed by atoms with Crippen LogP contribution in [0.15, 0.2) is 18.3 Å². The van der Waals surface area contributed by atoms with Gasteiger partial charge in [0.05, 0.1) is 18.5 Å². The zero-order valence-electron chi connectivity index (χ0n) is 8.77. The highest BCUT2D eigenvalue weighted by Crippen LogP contribution is 2.11. The summed E-state index contributed by atoms with van der Waals surface area (Å²) in [5.74, 6) is -1.30. The monoisotopic (exact) mass is 224 g/mol. The van der Waals surface area contributed by atoms with Gasteiger partial charge in [0, 0.05) is 6.07 Å². The molecule has 0 aliphatic carbocycles. The topological polar surface area (TPSA) is 88.5 Å². The second kappa shape index (κ2) is 5.69. The molecule has 0 unspecified atom stereocenters. The molecule has 0 saturated heterocycles. The maximum absolute atomic E-state index is 11.1. The maximum Gasteiger partial charge on any atom is 0.312 e. The Morgan fingerprint density at radius 3 is 2.75 bits per heavy atom. The molecule has 0 fully saturated rings. The van der Waals surface area contributed by atoms with E-state index < -0.39 is 18.3 Å². The van der Waals surface area contributed by atoms with E-state index in [9.17, 15) is 9.59 Å². The summed E-state index contributed by atoms with van der Waals surface area (Å²) in [6.45, 7) is 2.35. The molecule has 6 heteroatoms. The van der Waals surface area contributed by atoms with Crippen molar-refractivity contribution in [3.63, 3.8) is 0 Å². The van der Waals surface area contributed by atoms with Crippen LogP contribution >= 0.6 is 0 Å². The molecule has 0 aliphatic heterocycles. The molecule has 1 rings (SSSR count). The molecule has 0 atom stereocenters. The number of anilines is 1. The average molecular weight is 224 g/mol. The number of nitrogens with zero attached hydrogens (tertiary/aromatic N) is 1. The van der Waals surface area contributed by atoms with Gasteiger partial charge in [-0.05, 0) is 13.0 Å². The Hall–Kier alpha value is -2.11. The zero-order chi connectivity index (χ0) is 12.0. The molecule has 0 bridgehead atoms. The van der Waals surface area contributed by atoms with Crippen LogP contribution in [0.5, 0.6) is 5.88 Å². The Morgan fingerprint density at radius 2 is 2.25 bits per heavy atom. The van der Waals surface area contributed by atoms with E-state index in [4.69, 9.17) is 9.84 Å². The van der Waals surface area contributed by atoms with E-state index in [0.717, 1.165) is 0 Å². The molecule has 2 N–H and O–H groups in total. The van der Waals surface area contributed by atoms with Crippen molar-refractivity contribution in [1.82, 2.24) is 4.98 Å². The van der Waals surface area contributed by atoms with Gasteiger partial charge in [-0.25, -0.2) is 4.98 Å². The molecule has 1 aromatic heterocycles. The molecule has 0 spiro atoms. The van der Waals surface area contributed by atoms with Crippen molar-refractivity contribution in [3.05, 3.63) is 18.3 Å². The number of carbonyl (C=O) groups excluding carboxylic acids is 1. The number of carboxylic acid groups (broad SMARTS) is 1. The van der Waals surface area contributed by atoms with Crippen molar-refractivity contribution in [3.8, 4) is 5.88 Å². The molecule has 16 heavy (non-hydrogen) atoms. The number of nitrogens with one attached hydrogen (secondary N) is 1. The van der Waals surface area contributed by atoms with Crippen molar-refractivity contribution < 1.29 is 19.4 Å². The number of hydrogen-bond acceptors (Lipinski definition) is 4. The number of carboxylic acids is 1. The lowest BCUT2D eigenvalue weighted by Crippen LogP contribution is -2.15. The van der Waals surface area contributed by atoms with E-state index in [2.05, 4.69) is 10.3 Å². The SMILES string of the molecule is CCOc1ccc(NC(=O)CC(=O)O)cn1. The fourth-order valence-corrected chi connectivity index (χ4v) is 1.03. The first-order valence-electron chi connectivity index (χ1n) is 4.72. The molecule has 0 radical (unpaired) electrons. The van der Waals surface area contributed by atoms with Crippen LogP contribution in [-0.4, -0.2) is 28.6 Å². The maximum atomic E-state index is 11.1. The van der Waals surface area contributed by atoms with Crippen LogP contribution in [0.1, 0.15) is 13.3 Å². The van der Waals surface area contributed by atoms with E-state index in [1.165, 1.54) is 6.20 Å². The molecule has 1 aromatic rings. The lowest BCUT2D eigenvalue weighted by molar-refractivity contribution is -0.139. The summed E-state index contributed by atoms with van der Waals surface area (Å²) < 4.78 is 5.11. The van der Waals surface area contributed by atoms with Gasteiger partial charge in [0.25, 0.3) is 0 Å². The minimum absolute atomic E-state index is 0.440. The molecule has 86 valence electrons. The fraction of sp³-hybridized carbons (Fsp3) is 0.300. The van der Waals surface area contributed by atoms with Gasteiger partial charge in [-0.2, -0.15) is 0 Å².